The second kappa shape index (κ2) is 6.32. The molecule has 1 rings (SSSR count). The van der Waals surface area contributed by atoms with E-state index in [0.29, 0.717) is 5.56 Å². The zero-order chi connectivity index (χ0) is 13.5. The van der Waals surface area contributed by atoms with Gasteiger partial charge in [-0.25, -0.2) is 9.78 Å². The molecule has 3 N–H and O–H groups in total. The lowest BCUT2D eigenvalue weighted by molar-refractivity contribution is -0.146. The fourth-order valence-corrected chi connectivity index (χ4v) is 1.13. The fourth-order valence-electron chi connectivity index (χ4n) is 1.13. The number of hydrogen-bond acceptors (Lipinski definition) is 5. The van der Waals surface area contributed by atoms with E-state index in [4.69, 9.17) is 15.5 Å². The average molecular weight is 249 g/mol. The van der Waals surface area contributed by atoms with Crippen LogP contribution in [-0.2, 0) is 4.79 Å². The number of aliphatic carboxylic acids is 1. The standard InChI is InChI=1S/C11H11N3O4/c12-5-7-1-2-8(14-6-7)10(16)13-4-3-9(15)11(17)18/h1-2,6,9,15H,3-4H2,(H,13,16)(H,17,18)/t9-/m0/s1. The Labute approximate surface area is 103 Å². The van der Waals surface area contributed by atoms with Crippen molar-refractivity contribution in [2.75, 3.05) is 6.54 Å². The highest BCUT2D eigenvalue weighted by atomic mass is 16.4. The topological polar surface area (TPSA) is 123 Å². The van der Waals surface area contributed by atoms with Crippen molar-refractivity contribution in [2.45, 2.75) is 12.5 Å². The van der Waals surface area contributed by atoms with E-state index in [2.05, 4.69) is 10.3 Å². The number of nitrogens with zero attached hydrogens (tertiary/aromatic N) is 2. The predicted molar refractivity (Wildman–Crippen MR) is 59.5 cm³/mol. The van der Waals surface area contributed by atoms with Crippen LogP contribution in [0.15, 0.2) is 18.3 Å². The Hall–Kier alpha value is -2.46. The third kappa shape index (κ3) is 3.84. The highest BCUT2D eigenvalue weighted by molar-refractivity contribution is 5.92. The molecule has 7 nitrogen and oxygen atoms in total. The molecule has 0 saturated carbocycles. The number of nitriles is 1. The molecule has 1 amide bonds. The number of aliphatic hydroxyl groups is 1. The first-order valence-electron chi connectivity index (χ1n) is 5.10. The maximum Gasteiger partial charge on any atom is 0.332 e. The number of amides is 1. The molecule has 1 aromatic heterocycles. The number of carboxylic acid groups (broad SMARTS) is 1. The lowest BCUT2D eigenvalue weighted by atomic mass is 10.2. The van der Waals surface area contributed by atoms with E-state index in [0.717, 1.165) is 0 Å². The molecule has 18 heavy (non-hydrogen) atoms. The van der Waals surface area contributed by atoms with Crippen molar-refractivity contribution in [3.8, 4) is 6.07 Å². The normalized spacial score (nSPS) is 11.3. The van der Waals surface area contributed by atoms with Crippen LogP contribution in [0.4, 0.5) is 0 Å². The molecule has 0 aromatic carbocycles. The number of aromatic nitrogens is 1. The van der Waals surface area contributed by atoms with Crippen molar-refractivity contribution >= 4 is 11.9 Å². The molecule has 0 fully saturated rings. The van der Waals surface area contributed by atoms with Gasteiger partial charge in [0, 0.05) is 19.2 Å². The molecule has 0 bridgehead atoms. The van der Waals surface area contributed by atoms with Crippen LogP contribution in [0.3, 0.4) is 0 Å². The van der Waals surface area contributed by atoms with Crippen LogP contribution in [0, 0.1) is 11.3 Å². The minimum atomic E-state index is -1.50. The molecule has 0 aliphatic carbocycles. The van der Waals surface area contributed by atoms with Crippen molar-refractivity contribution < 1.29 is 19.8 Å². The van der Waals surface area contributed by atoms with Crippen LogP contribution in [0.25, 0.3) is 0 Å². The van der Waals surface area contributed by atoms with Gasteiger partial charge in [-0.1, -0.05) is 0 Å². The van der Waals surface area contributed by atoms with E-state index in [1.54, 1.807) is 0 Å². The van der Waals surface area contributed by atoms with Gasteiger partial charge in [0.15, 0.2) is 6.10 Å². The SMILES string of the molecule is N#Cc1ccc(C(=O)NCC[C@H](O)C(=O)O)nc1. The summed E-state index contributed by atoms with van der Waals surface area (Å²) in [6, 6.07) is 4.71. The molecule has 0 spiro atoms. The first-order valence-corrected chi connectivity index (χ1v) is 5.10. The molecule has 1 atom stereocenters. The summed E-state index contributed by atoms with van der Waals surface area (Å²) in [6.07, 6.45) is -0.322. The molecule has 0 saturated heterocycles. The van der Waals surface area contributed by atoms with E-state index in [1.807, 2.05) is 6.07 Å². The lowest BCUT2D eigenvalue weighted by Crippen LogP contribution is -2.30. The monoisotopic (exact) mass is 249 g/mol. The second-order valence-electron chi connectivity index (χ2n) is 3.44. The summed E-state index contributed by atoms with van der Waals surface area (Å²) in [5.74, 6) is -1.82. The van der Waals surface area contributed by atoms with Crippen molar-refractivity contribution in [1.29, 1.82) is 5.26 Å². The first-order chi connectivity index (χ1) is 8.54. The van der Waals surface area contributed by atoms with Crippen LogP contribution in [0.5, 0.6) is 0 Å². The number of pyridine rings is 1. The second-order valence-corrected chi connectivity index (χ2v) is 3.44. The number of hydrogen-bond donors (Lipinski definition) is 3. The molecular formula is C11H11N3O4. The average Bonchev–Trinajstić information content (AvgIpc) is 2.38. The Bertz CT molecular complexity index is 478. The van der Waals surface area contributed by atoms with Crippen LogP contribution in [-0.4, -0.2) is 39.7 Å². The summed E-state index contributed by atoms with van der Waals surface area (Å²) in [4.78, 5) is 25.6. The summed E-state index contributed by atoms with van der Waals surface area (Å²) < 4.78 is 0. The summed E-state index contributed by atoms with van der Waals surface area (Å²) in [5, 5.41) is 28.4. The molecule has 7 heteroatoms. The van der Waals surface area contributed by atoms with E-state index < -0.39 is 18.0 Å². The van der Waals surface area contributed by atoms with Crippen LogP contribution in [0.2, 0.25) is 0 Å². The highest BCUT2D eigenvalue weighted by Gasteiger charge is 2.13. The maximum absolute atomic E-state index is 11.5. The Balaban J connectivity index is 2.46. The molecule has 0 aliphatic rings. The number of rotatable bonds is 5. The minimum Gasteiger partial charge on any atom is -0.479 e. The Kier molecular flexibility index (Phi) is 4.78. The molecule has 0 radical (unpaired) electrons. The van der Waals surface area contributed by atoms with Crippen LogP contribution in [0.1, 0.15) is 22.5 Å². The van der Waals surface area contributed by atoms with Gasteiger partial charge in [0.05, 0.1) is 5.56 Å². The third-order valence-corrected chi connectivity index (χ3v) is 2.11. The summed E-state index contributed by atoms with van der Waals surface area (Å²) in [5.41, 5.74) is 0.465. The van der Waals surface area contributed by atoms with Crippen molar-refractivity contribution in [2.24, 2.45) is 0 Å². The van der Waals surface area contributed by atoms with Gasteiger partial charge in [0.1, 0.15) is 11.8 Å². The van der Waals surface area contributed by atoms with Gasteiger partial charge in [-0.3, -0.25) is 4.79 Å². The van der Waals surface area contributed by atoms with Crippen molar-refractivity contribution in [3.05, 3.63) is 29.6 Å². The zero-order valence-electron chi connectivity index (χ0n) is 9.33. The predicted octanol–water partition coefficient (Wildman–Crippen LogP) is -0.481. The molecule has 0 aliphatic heterocycles. The summed E-state index contributed by atoms with van der Waals surface area (Å²) in [6.45, 7) is 0.0218. The van der Waals surface area contributed by atoms with Gasteiger partial charge in [0.2, 0.25) is 0 Å². The number of carbonyl (C=O) groups is 2. The Morgan fingerprint density at radius 3 is 2.72 bits per heavy atom. The van der Waals surface area contributed by atoms with Crippen molar-refractivity contribution in [3.63, 3.8) is 0 Å². The van der Waals surface area contributed by atoms with Gasteiger partial charge in [-0.05, 0) is 12.1 Å². The number of aliphatic hydroxyl groups excluding tert-OH is 1. The number of carbonyl (C=O) groups excluding carboxylic acids is 1. The largest absolute Gasteiger partial charge is 0.479 e. The van der Waals surface area contributed by atoms with Crippen molar-refractivity contribution in [1.82, 2.24) is 10.3 Å². The lowest BCUT2D eigenvalue weighted by Gasteiger charge is -2.06. The first kappa shape index (κ1) is 13.6. The Morgan fingerprint density at radius 2 is 2.22 bits per heavy atom. The quantitative estimate of drug-likeness (QED) is 0.647. The Morgan fingerprint density at radius 1 is 1.50 bits per heavy atom. The van der Waals surface area contributed by atoms with Crippen LogP contribution < -0.4 is 5.32 Å². The highest BCUT2D eigenvalue weighted by Crippen LogP contribution is 1.99. The van der Waals surface area contributed by atoms with E-state index in [-0.39, 0.29) is 18.7 Å². The number of carboxylic acids is 1. The zero-order valence-corrected chi connectivity index (χ0v) is 9.33. The number of nitrogens with one attached hydrogen (secondary N) is 1. The van der Waals surface area contributed by atoms with E-state index in [1.165, 1.54) is 18.3 Å². The van der Waals surface area contributed by atoms with Gasteiger partial charge < -0.3 is 15.5 Å². The van der Waals surface area contributed by atoms with Gasteiger partial charge in [0.25, 0.3) is 5.91 Å². The maximum atomic E-state index is 11.5. The molecule has 0 unspecified atom stereocenters. The fraction of sp³-hybridized carbons (Fsp3) is 0.273. The summed E-state index contributed by atoms with van der Waals surface area (Å²) >= 11 is 0. The molecule has 1 aromatic rings. The van der Waals surface area contributed by atoms with Crippen LogP contribution >= 0.6 is 0 Å². The molecule has 94 valence electrons. The van der Waals surface area contributed by atoms with Gasteiger partial charge in [-0.15, -0.1) is 0 Å². The van der Waals surface area contributed by atoms with E-state index >= 15 is 0 Å². The third-order valence-electron chi connectivity index (χ3n) is 2.11. The molecular weight excluding hydrogens is 238 g/mol. The molecule has 1 heterocycles. The smallest absolute Gasteiger partial charge is 0.332 e. The minimum absolute atomic E-state index is 0.0218. The summed E-state index contributed by atoms with van der Waals surface area (Å²) in [7, 11) is 0. The van der Waals surface area contributed by atoms with Gasteiger partial charge in [-0.2, -0.15) is 5.26 Å². The van der Waals surface area contributed by atoms with E-state index in [9.17, 15) is 9.59 Å². The van der Waals surface area contributed by atoms with Gasteiger partial charge >= 0.3 is 5.97 Å².